The van der Waals surface area contributed by atoms with Crippen LogP contribution in [-0.4, -0.2) is 29.1 Å². The Morgan fingerprint density at radius 2 is 1.57 bits per heavy atom. The second-order valence-electron chi connectivity index (χ2n) is 7.07. The molecule has 4 rings (SSSR count). The molecule has 0 aliphatic carbocycles. The molecule has 0 spiro atoms. The fourth-order valence-electron chi connectivity index (χ4n) is 3.00. The lowest BCUT2D eigenvalue weighted by atomic mass is 10.1. The van der Waals surface area contributed by atoms with Gasteiger partial charge in [-0.05, 0) is 43.7 Å². The number of hydrogen-bond donors (Lipinski definition) is 1. The van der Waals surface area contributed by atoms with Crippen molar-refractivity contribution in [1.82, 2.24) is 19.8 Å². The van der Waals surface area contributed by atoms with Gasteiger partial charge in [0.25, 0.3) is 10.0 Å². The summed E-state index contributed by atoms with van der Waals surface area (Å²) in [6.07, 6.45) is 0. The molecule has 0 radical (unpaired) electrons. The molecular weight excluding hydrogens is 398 g/mol. The van der Waals surface area contributed by atoms with Crippen molar-refractivity contribution in [3.8, 4) is 0 Å². The number of para-hydroxylation sites is 1. The predicted octanol–water partition coefficient (Wildman–Crippen LogP) is 3.43. The highest BCUT2D eigenvalue weighted by atomic mass is 32.2. The zero-order valence-electron chi connectivity index (χ0n) is 16.6. The minimum Gasteiger partial charge on any atom is -0.239 e. The molecule has 0 atom stereocenters. The summed E-state index contributed by atoms with van der Waals surface area (Å²) in [6.45, 7) is 4.16. The summed E-state index contributed by atoms with van der Waals surface area (Å²) in [5, 5.41) is 12.6. The average molecular weight is 420 g/mol. The summed E-state index contributed by atoms with van der Waals surface area (Å²) < 4.78 is 27.1. The van der Waals surface area contributed by atoms with Crippen molar-refractivity contribution in [2.45, 2.75) is 25.3 Å². The van der Waals surface area contributed by atoms with E-state index in [1.807, 2.05) is 62.4 Å². The van der Waals surface area contributed by atoms with Gasteiger partial charge in [0, 0.05) is 0 Å². The van der Waals surface area contributed by atoms with Gasteiger partial charge in [-0.15, -0.1) is 5.10 Å². The average Bonchev–Trinajstić information content (AvgIpc) is 3.15. The van der Waals surface area contributed by atoms with E-state index in [4.69, 9.17) is 0 Å². The highest BCUT2D eigenvalue weighted by molar-refractivity contribution is 7.89. The molecule has 0 amide bonds. The van der Waals surface area contributed by atoms with Crippen LogP contribution in [0.1, 0.15) is 16.7 Å². The maximum atomic E-state index is 12.7. The van der Waals surface area contributed by atoms with Gasteiger partial charge in [-0.1, -0.05) is 64.9 Å². The topological polar surface area (TPSA) is 89.2 Å². The first-order valence-electron chi connectivity index (χ1n) is 9.43. The minimum absolute atomic E-state index is 0.159. The Morgan fingerprint density at radius 3 is 2.27 bits per heavy atom. The molecule has 1 N–H and O–H groups in total. The molecule has 1 heterocycles. The third-order valence-electron chi connectivity index (χ3n) is 4.74. The molecule has 0 fully saturated rings. The van der Waals surface area contributed by atoms with Crippen LogP contribution in [0.15, 0.2) is 82.8 Å². The monoisotopic (exact) mass is 419 g/mol. The van der Waals surface area contributed by atoms with E-state index in [0.29, 0.717) is 5.71 Å². The number of aromatic nitrogens is 3. The standard InChI is InChI=1S/C22H21N5O2S/c1-16-7-11-18(12-8-16)21(15-27-22-6-4-3-5-20(22)23-25-27)24-26-30(28,29)19-13-9-17(2)10-14-19/h3-14,26H,15H2,1-2H3. The van der Waals surface area contributed by atoms with Crippen LogP contribution in [0, 0.1) is 13.8 Å². The van der Waals surface area contributed by atoms with E-state index in [1.54, 1.807) is 28.9 Å². The zero-order chi connectivity index (χ0) is 21.1. The van der Waals surface area contributed by atoms with Crippen LogP contribution in [0.3, 0.4) is 0 Å². The van der Waals surface area contributed by atoms with Gasteiger partial charge in [0.15, 0.2) is 0 Å². The lowest BCUT2D eigenvalue weighted by Crippen LogP contribution is -2.23. The van der Waals surface area contributed by atoms with Gasteiger partial charge in [-0.25, -0.2) is 4.68 Å². The van der Waals surface area contributed by atoms with Gasteiger partial charge in [0.2, 0.25) is 0 Å². The second-order valence-corrected chi connectivity index (χ2v) is 8.73. The fourth-order valence-corrected chi connectivity index (χ4v) is 3.83. The van der Waals surface area contributed by atoms with Crippen molar-refractivity contribution in [1.29, 1.82) is 0 Å². The summed E-state index contributed by atoms with van der Waals surface area (Å²) in [4.78, 5) is 2.53. The molecule has 0 aliphatic rings. The molecule has 8 heteroatoms. The van der Waals surface area contributed by atoms with Gasteiger partial charge >= 0.3 is 0 Å². The number of fused-ring (bicyclic) bond motifs is 1. The van der Waals surface area contributed by atoms with E-state index in [2.05, 4.69) is 20.2 Å². The molecule has 0 aliphatic heterocycles. The molecule has 0 unspecified atom stereocenters. The van der Waals surface area contributed by atoms with Crippen LogP contribution in [0.4, 0.5) is 0 Å². The number of hydrazone groups is 1. The number of nitrogens with zero attached hydrogens (tertiary/aromatic N) is 4. The summed E-state index contributed by atoms with van der Waals surface area (Å²) in [7, 11) is -3.79. The SMILES string of the molecule is Cc1ccc(C(Cn2nnc3ccccc32)=NNS(=O)(=O)c2ccc(C)cc2)cc1. The van der Waals surface area contributed by atoms with E-state index in [0.717, 1.165) is 27.7 Å². The molecule has 0 saturated heterocycles. The summed E-state index contributed by atoms with van der Waals surface area (Å²) in [6, 6.07) is 21.9. The molecular formula is C22H21N5O2S. The van der Waals surface area contributed by atoms with Crippen molar-refractivity contribution in [2.24, 2.45) is 5.10 Å². The smallest absolute Gasteiger partial charge is 0.239 e. The highest BCUT2D eigenvalue weighted by Crippen LogP contribution is 2.14. The van der Waals surface area contributed by atoms with E-state index in [9.17, 15) is 8.42 Å². The van der Waals surface area contributed by atoms with Crippen LogP contribution < -0.4 is 4.83 Å². The number of aryl methyl sites for hydroxylation is 2. The van der Waals surface area contributed by atoms with Crippen molar-refractivity contribution in [3.63, 3.8) is 0 Å². The number of sulfonamides is 1. The van der Waals surface area contributed by atoms with E-state index >= 15 is 0 Å². The number of rotatable bonds is 6. The number of benzene rings is 3. The van der Waals surface area contributed by atoms with E-state index in [1.165, 1.54) is 0 Å². The molecule has 7 nitrogen and oxygen atoms in total. The third-order valence-corrected chi connectivity index (χ3v) is 5.96. The molecule has 0 bridgehead atoms. The first kappa shape index (κ1) is 19.8. The van der Waals surface area contributed by atoms with Crippen molar-refractivity contribution < 1.29 is 8.42 Å². The van der Waals surface area contributed by atoms with Gasteiger partial charge in [0.1, 0.15) is 5.52 Å². The quantitative estimate of drug-likeness (QED) is 0.383. The van der Waals surface area contributed by atoms with E-state index in [-0.39, 0.29) is 11.4 Å². The van der Waals surface area contributed by atoms with Crippen LogP contribution in [0.25, 0.3) is 11.0 Å². The van der Waals surface area contributed by atoms with Crippen molar-refractivity contribution in [2.75, 3.05) is 0 Å². The Kier molecular flexibility index (Phi) is 5.33. The van der Waals surface area contributed by atoms with Crippen LogP contribution >= 0.6 is 0 Å². The molecule has 152 valence electrons. The molecule has 3 aromatic carbocycles. The molecule has 4 aromatic rings. The van der Waals surface area contributed by atoms with Crippen LogP contribution in [0.2, 0.25) is 0 Å². The second kappa shape index (κ2) is 8.08. The summed E-state index contributed by atoms with van der Waals surface area (Å²) in [5.41, 5.74) is 5.02. The molecule has 0 saturated carbocycles. The highest BCUT2D eigenvalue weighted by Gasteiger charge is 2.15. The van der Waals surface area contributed by atoms with Crippen molar-refractivity contribution in [3.05, 3.63) is 89.5 Å². The Hall–Kier alpha value is -3.52. The fraction of sp³-hybridized carbons (Fsp3) is 0.136. The Balaban J connectivity index is 1.69. The number of hydrogen-bond acceptors (Lipinski definition) is 5. The molecule has 1 aromatic heterocycles. The largest absolute Gasteiger partial charge is 0.276 e. The maximum absolute atomic E-state index is 12.7. The number of nitrogens with one attached hydrogen (secondary N) is 1. The third kappa shape index (κ3) is 4.23. The Bertz CT molecular complexity index is 1310. The Labute approximate surface area is 175 Å². The normalized spacial score (nSPS) is 12.3. The van der Waals surface area contributed by atoms with Crippen LogP contribution in [0.5, 0.6) is 0 Å². The van der Waals surface area contributed by atoms with Gasteiger partial charge in [0.05, 0.1) is 22.7 Å². The summed E-state index contributed by atoms with van der Waals surface area (Å²) >= 11 is 0. The molecule has 30 heavy (non-hydrogen) atoms. The van der Waals surface area contributed by atoms with Gasteiger partial charge in [-0.2, -0.15) is 18.4 Å². The summed E-state index contributed by atoms with van der Waals surface area (Å²) in [5.74, 6) is 0. The predicted molar refractivity (Wildman–Crippen MR) is 117 cm³/mol. The maximum Gasteiger partial charge on any atom is 0.276 e. The first-order valence-corrected chi connectivity index (χ1v) is 10.9. The minimum atomic E-state index is -3.79. The Morgan fingerprint density at radius 1 is 0.933 bits per heavy atom. The van der Waals surface area contributed by atoms with Gasteiger partial charge < -0.3 is 0 Å². The van der Waals surface area contributed by atoms with Gasteiger partial charge in [-0.3, -0.25) is 0 Å². The lowest BCUT2D eigenvalue weighted by Gasteiger charge is -2.10. The van der Waals surface area contributed by atoms with Crippen LogP contribution in [-0.2, 0) is 16.6 Å². The first-order chi connectivity index (χ1) is 14.4. The lowest BCUT2D eigenvalue weighted by molar-refractivity contribution is 0.584. The van der Waals surface area contributed by atoms with E-state index < -0.39 is 10.0 Å². The van der Waals surface area contributed by atoms with Crippen molar-refractivity contribution >= 4 is 26.8 Å². The zero-order valence-corrected chi connectivity index (χ0v) is 17.5.